The van der Waals surface area contributed by atoms with Gasteiger partial charge in [-0.15, -0.1) is 0 Å². The van der Waals surface area contributed by atoms with Gasteiger partial charge in [0, 0.05) is 30.5 Å². The van der Waals surface area contributed by atoms with Gasteiger partial charge in [0.2, 0.25) is 0 Å². The molecule has 0 radical (unpaired) electrons. The van der Waals surface area contributed by atoms with Crippen LogP contribution in [-0.4, -0.2) is 21.9 Å². The molecular weight excluding hydrogens is 365 g/mol. The second-order valence-corrected chi connectivity index (χ2v) is 6.97. The molecule has 2 heterocycles. The molecule has 0 bridgehead atoms. The van der Waals surface area contributed by atoms with Gasteiger partial charge >= 0.3 is 6.18 Å². The van der Waals surface area contributed by atoms with Crippen LogP contribution in [0.25, 0.3) is 0 Å². The molecule has 3 aromatic rings. The van der Waals surface area contributed by atoms with Crippen molar-refractivity contribution in [2.75, 3.05) is 6.54 Å². The highest BCUT2D eigenvalue weighted by Gasteiger charge is 2.36. The summed E-state index contributed by atoms with van der Waals surface area (Å²) in [5, 5.41) is 0. The Balaban J connectivity index is 1.77. The van der Waals surface area contributed by atoms with Crippen LogP contribution in [0.5, 0.6) is 0 Å². The first kappa shape index (κ1) is 18.3. The minimum atomic E-state index is -4.49. The highest BCUT2D eigenvalue weighted by atomic mass is 19.4. The van der Waals surface area contributed by atoms with Gasteiger partial charge in [0.1, 0.15) is 0 Å². The fourth-order valence-electron chi connectivity index (χ4n) is 3.81. The maximum Gasteiger partial charge on any atom is 0.416 e. The van der Waals surface area contributed by atoms with E-state index >= 15 is 0 Å². The van der Waals surface area contributed by atoms with Gasteiger partial charge < -0.3 is 9.47 Å². The summed E-state index contributed by atoms with van der Waals surface area (Å²) in [5.74, 6) is -0.396. The number of halogens is 3. The molecule has 1 atom stereocenters. The Bertz CT molecular complexity index is 1010. The van der Waals surface area contributed by atoms with E-state index in [1.807, 2.05) is 48.7 Å². The van der Waals surface area contributed by atoms with Crippen LogP contribution < -0.4 is 0 Å². The van der Waals surface area contributed by atoms with Crippen molar-refractivity contribution in [1.82, 2.24) is 9.47 Å². The molecule has 144 valence electrons. The SMILES string of the molecule is Cc1ccc(C(=O)N2CCn3cccc3[C@H]2c2ccccc2)cc1C(F)(F)F. The monoisotopic (exact) mass is 384 g/mol. The van der Waals surface area contributed by atoms with E-state index in [0.717, 1.165) is 17.3 Å². The molecular formula is C22H19F3N2O. The summed E-state index contributed by atoms with van der Waals surface area (Å²) < 4.78 is 42.0. The lowest BCUT2D eigenvalue weighted by atomic mass is 9.98. The number of aromatic nitrogens is 1. The van der Waals surface area contributed by atoms with Crippen LogP contribution in [-0.2, 0) is 12.7 Å². The maximum atomic E-state index is 13.3. The number of nitrogens with zero attached hydrogens (tertiary/aromatic N) is 2. The van der Waals surface area contributed by atoms with Crippen LogP contribution in [0.4, 0.5) is 13.2 Å². The first-order valence-electron chi connectivity index (χ1n) is 9.05. The Morgan fingerprint density at radius 2 is 1.75 bits per heavy atom. The molecule has 3 nitrogen and oxygen atoms in total. The zero-order chi connectivity index (χ0) is 19.9. The van der Waals surface area contributed by atoms with Crippen LogP contribution in [0.1, 0.15) is 38.8 Å². The van der Waals surface area contributed by atoms with Crippen molar-refractivity contribution < 1.29 is 18.0 Å². The van der Waals surface area contributed by atoms with Crippen LogP contribution in [0.3, 0.4) is 0 Å². The molecule has 0 aliphatic carbocycles. The molecule has 0 N–H and O–H groups in total. The molecule has 0 saturated heterocycles. The first-order valence-corrected chi connectivity index (χ1v) is 9.05. The second kappa shape index (κ2) is 6.86. The minimum absolute atomic E-state index is 0.0545. The van der Waals surface area contributed by atoms with Gasteiger partial charge in [0.25, 0.3) is 5.91 Å². The number of rotatable bonds is 2. The highest BCUT2D eigenvalue weighted by molar-refractivity contribution is 5.95. The van der Waals surface area contributed by atoms with E-state index in [0.29, 0.717) is 13.1 Å². The van der Waals surface area contributed by atoms with Gasteiger partial charge in [-0.25, -0.2) is 0 Å². The third-order valence-corrected chi connectivity index (χ3v) is 5.20. The van der Waals surface area contributed by atoms with Gasteiger partial charge in [-0.3, -0.25) is 4.79 Å². The number of alkyl halides is 3. The largest absolute Gasteiger partial charge is 0.416 e. The van der Waals surface area contributed by atoms with Gasteiger partial charge in [-0.2, -0.15) is 13.2 Å². The smallest absolute Gasteiger partial charge is 0.348 e. The van der Waals surface area contributed by atoms with Crippen LogP contribution in [0.15, 0.2) is 66.9 Å². The summed E-state index contributed by atoms with van der Waals surface area (Å²) in [4.78, 5) is 14.9. The van der Waals surface area contributed by atoms with Gasteiger partial charge in [-0.1, -0.05) is 36.4 Å². The number of amides is 1. The topological polar surface area (TPSA) is 25.2 Å². The van der Waals surface area contributed by atoms with E-state index in [1.54, 1.807) is 4.90 Å². The second-order valence-electron chi connectivity index (χ2n) is 6.97. The average molecular weight is 384 g/mol. The molecule has 0 saturated carbocycles. The van der Waals surface area contributed by atoms with Crippen molar-refractivity contribution in [3.05, 3.63) is 94.8 Å². The number of fused-ring (bicyclic) bond motifs is 1. The molecule has 1 aliphatic heterocycles. The van der Waals surface area contributed by atoms with Crippen molar-refractivity contribution in [3.63, 3.8) is 0 Å². The van der Waals surface area contributed by atoms with Crippen molar-refractivity contribution in [3.8, 4) is 0 Å². The molecule has 0 spiro atoms. The maximum absolute atomic E-state index is 13.3. The predicted molar refractivity (Wildman–Crippen MR) is 99.9 cm³/mol. The summed E-state index contributed by atoms with van der Waals surface area (Å²) >= 11 is 0. The fraction of sp³-hybridized carbons (Fsp3) is 0.227. The normalized spacial score (nSPS) is 16.7. The van der Waals surface area contributed by atoms with Crippen molar-refractivity contribution in [2.45, 2.75) is 25.7 Å². The Morgan fingerprint density at radius 3 is 2.46 bits per heavy atom. The Morgan fingerprint density at radius 1 is 1.00 bits per heavy atom. The summed E-state index contributed by atoms with van der Waals surface area (Å²) in [6.07, 6.45) is -2.53. The van der Waals surface area contributed by atoms with E-state index < -0.39 is 17.6 Å². The molecule has 1 aromatic heterocycles. The van der Waals surface area contributed by atoms with Crippen LogP contribution in [0, 0.1) is 6.92 Å². The van der Waals surface area contributed by atoms with Gasteiger partial charge in [0.15, 0.2) is 0 Å². The number of carbonyl (C=O) groups excluding carboxylic acids is 1. The molecule has 1 amide bonds. The van der Waals surface area contributed by atoms with Crippen molar-refractivity contribution >= 4 is 5.91 Å². The number of benzene rings is 2. The quantitative estimate of drug-likeness (QED) is 0.606. The van der Waals surface area contributed by atoms with Crippen LogP contribution in [0.2, 0.25) is 0 Å². The predicted octanol–water partition coefficient (Wildman–Crippen LogP) is 5.06. The first-order chi connectivity index (χ1) is 13.4. The Labute approximate surface area is 161 Å². The minimum Gasteiger partial charge on any atom is -0.348 e. The summed E-state index contributed by atoms with van der Waals surface area (Å²) in [6, 6.07) is 16.9. The van der Waals surface area contributed by atoms with E-state index in [1.165, 1.54) is 19.1 Å². The lowest BCUT2D eigenvalue weighted by Crippen LogP contribution is -2.42. The van der Waals surface area contributed by atoms with E-state index in [4.69, 9.17) is 0 Å². The summed E-state index contributed by atoms with van der Waals surface area (Å²) in [6.45, 7) is 2.43. The average Bonchev–Trinajstić information content (AvgIpc) is 3.15. The molecule has 0 unspecified atom stereocenters. The number of carbonyl (C=O) groups is 1. The summed E-state index contributed by atoms with van der Waals surface area (Å²) in [5.41, 5.74) is 1.28. The zero-order valence-corrected chi connectivity index (χ0v) is 15.3. The van der Waals surface area contributed by atoms with E-state index in [9.17, 15) is 18.0 Å². The molecule has 2 aromatic carbocycles. The molecule has 4 rings (SSSR count). The van der Waals surface area contributed by atoms with Gasteiger partial charge in [0.05, 0.1) is 11.6 Å². The molecule has 28 heavy (non-hydrogen) atoms. The summed E-state index contributed by atoms with van der Waals surface area (Å²) in [7, 11) is 0. The third kappa shape index (κ3) is 3.19. The number of hydrogen-bond donors (Lipinski definition) is 0. The Hall–Kier alpha value is -3.02. The molecule has 6 heteroatoms. The zero-order valence-electron chi connectivity index (χ0n) is 15.3. The van der Waals surface area contributed by atoms with Crippen molar-refractivity contribution in [2.24, 2.45) is 0 Å². The fourth-order valence-corrected chi connectivity index (χ4v) is 3.81. The van der Waals surface area contributed by atoms with Crippen molar-refractivity contribution in [1.29, 1.82) is 0 Å². The third-order valence-electron chi connectivity index (χ3n) is 5.20. The molecule has 1 aliphatic rings. The van der Waals surface area contributed by atoms with E-state index in [-0.39, 0.29) is 17.2 Å². The Kier molecular flexibility index (Phi) is 4.49. The number of aryl methyl sites for hydroxylation is 1. The van der Waals surface area contributed by atoms with Crippen LogP contribution >= 0.6 is 0 Å². The van der Waals surface area contributed by atoms with E-state index in [2.05, 4.69) is 4.57 Å². The number of hydrogen-bond acceptors (Lipinski definition) is 1. The lowest BCUT2D eigenvalue weighted by molar-refractivity contribution is -0.138. The highest BCUT2D eigenvalue weighted by Crippen LogP contribution is 2.35. The molecule has 0 fully saturated rings. The standard InChI is InChI=1S/C22H19F3N2O/c1-15-9-10-17(14-18(15)22(23,24)25)21(28)27-13-12-26-11-5-8-19(26)20(27)16-6-3-2-4-7-16/h2-11,14,20H,12-13H2,1H3/t20-/m1/s1. The van der Waals surface area contributed by atoms with Gasteiger partial charge in [-0.05, 0) is 42.3 Å². The lowest BCUT2D eigenvalue weighted by Gasteiger charge is -2.37.